The summed E-state index contributed by atoms with van der Waals surface area (Å²) in [5.41, 5.74) is 2.80. The molecule has 1 aromatic rings. The lowest BCUT2D eigenvalue weighted by atomic mass is 9.88. The van der Waals surface area contributed by atoms with Gasteiger partial charge in [-0.15, -0.1) is 11.3 Å². The highest BCUT2D eigenvalue weighted by atomic mass is 32.1. The summed E-state index contributed by atoms with van der Waals surface area (Å²) in [6.45, 7) is 4.90. The lowest BCUT2D eigenvalue weighted by molar-refractivity contribution is -0.129. The van der Waals surface area contributed by atoms with Gasteiger partial charge in [0.1, 0.15) is 6.61 Å². The Morgan fingerprint density at radius 2 is 2.32 bits per heavy atom. The lowest BCUT2D eigenvalue weighted by Crippen LogP contribution is -2.32. The molecule has 2 atom stereocenters. The SMILES string of the molecule is Cc1ncsc1CNC(=O)COC1CCCCC1C. The van der Waals surface area contributed by atoms with Crippen molar-refractivity contribution in [2.45, 2.75) is 52.2 Å². The first-order valence-corrected chi connectivity index (χ1v) is 7.82. The largest absolute Gasteiger partial charge is 0.368 e. The molecule has 1 saturated carbocycles. The number of amides is 1. The third kappa shape index (κ3) is 4.28. The molecule has 4 nitrogen and oxygen atoms in total. The van der Waals surface area contributed by atoms with Gasteiger partial charge in [-0.25, -0.2) is 4.98 Å². The Balaban J connectivity index is 1.68. The van der Waals surface area contributed by atoms with Crippen molar-refractivity contribution in [2.24, 2.45) is 5.92 Å². The lowest BCUT2D eigenvalue weighted by Gasteiger charge is -2.28. The Labute approximate surface area is 118 Å². The zero-order valence-corrected chi connectivity index (χ0v) is 12.5. The number of aromatic nitrogens is 1. The van der Waals surface area contributed by atoms with Crippen LogP contribution < -0.4 is 5.32 Å². The summed E-state index contributed by atoms with van der Waals surface area (Å²) in [4.78, 5) is 17.0. The van der Waals surface area contributed by atoms with Gasteiger partial charge < -0.3 is 10.1 Å². The average molecular weight is 282 g/mol. The van der Waals surface area contributed by atoms with Crippen molar-refractivity contribution >= 4 is 17.2 Å². The number of hydrogen-bond donors (Lipinski definition) is 1. The molecule has 1 heterocycles. The fraction of sp³-hybridized carbons (Fsp3) is 0.714. The Morgan fingerprint density at radius 3 is 3.00 bits per heavy atom. The molecule has 0 saturated heterocycles. The second kappa shape index (κ2) is 7.01. The molecule has 1 aliphatic rings. The van der Waals surface area contributed by atoms with Crippen LogP contribution in [0.5, 0.6) is 0 Å². The van der Waals surface area contributed by atoms with Crippen LogP contribution in [-0.4, -0.2) is 23.6 Å². The summed E-state index contributed by atoms with van der Waals surface area (Å²) >= 11 is 1.57. The second-order valence-corrected chi connectivity index (χ2v) is 6.19. The summed E-state index contributed by atoms with van der Waals surface area (Å²) in [6, 6.07) is 0. The van der Waals surface area contributed by atoms with Gasteiger partial charge >= 0.3 is 0 Å². The number of aryl methyl sites for hydroxylation is 1. The van der Waals surface area contributed by atoms with E-state index in [0.29, 0.717) is 12.5 Å². The Hall–Kier alpha value is -0.940. The fourth-order valence-electron chi connectivity index (χ4n) is 2.44. The van der Waals surface area contributed by atoms with Crippen molar-refractivity contribution in [3.8, 4) is 0 Å². The number of hydrogen-bond acceptors (Lipinski definition) is 4. The third-order valence-corrected chi connectivity index (χ3v) is 4.69. The van der Waals surface area contributed by atoms with Crippen molar-refractivity contribution < 1.29 is 9.53 Å². The van der Waals surface area contributed by atoms with Crippen molar-refractivity contribution in [1.29, 1.82) is 0 Å². The Kier molecular flexibility index (Phi) is 5.34. The Morgan fingerprint density at radius 1 is 1.53 bits per heavy atom. The van der Waals surface area contributed by atoms with Gasteiger partial charge in [0.15, 0.2) is 0 Å². The van der Waals surface area contributed by atoms with Crippen molar-refractivity contribution in [1.82, 2.24) is 10.3 Å². The normalized spacial score (nSPS) is 23.3. The molecule has 2 unspecified atom stereocenters. The molecule has 0 aromatic carbocycles. The monoisotopic (exact) mass is 282 g/mol. The van der Waals surface area contributed by atoms with Crippen molar-refractivity contribution in [3.63, 3.8) is 0 Å². The molecule has 1 N–H and O–H groups in total. The van der Waals surface area contributed by atoms with Crippen molar-refractivity contribution in [3.05, 3.63) is 16.1 Å². The molecule has 0 radical (unpaired) electrons. The highest BCUT2D eigenvalue weighted by molar-refractivity contribution is 7.09. The molecule has 0 bridgehead atoms. The standard InChI is InChI=1S/C14H22N2O2S/c1-10-5-3-4-6-12(10)18-8-14(17)15-7-13-11(2)16-9-19-13/h9-10,12H,3-8H2,1-2H3,(H,15,17). The van der Waals surface area contributed by atoms with E-state index in [1.807, 2.05) is 6.92 Å². The van der Waals surface area contributed by atoms with Crippen LogP contribution in [0.1, 0.15) is 43.2 Å². The van der Waals surface area contributed by atoms with Gasteiger partial charge in [-0.05, 0) is 25.7 Å². The minimum absolute atomic E-state index is 0.0365. The van der Waals surface area contributed by atoms with Gasteiger partial charge in [0, 0.05) is 4.88 Å². The van der Waals surface area contributed by atoms with Crippen LogP contribution in [0.2, 0.25) is 0 Å². The number of ether oxygens (including phenoxy) is 1. The number of nitrogens with zero attached hydrogens (tertiary/aromatic N) is 1. The predicted octanol–water partition coefficient (Wildman–Crippen LogP) is 2.66. The van der Waals surface area contributed by atoms with Gasteiger partial charge in [0.2, 0.25) is 5.91 Å². The smallest absolute Gasteiger partial charge is 0.246 e. The quantitative estimate of drug-likeness (QED) is 0.903. The first-order chi connectivity index (χ1) is 9.16. The molecule has 0 spiro atoms. The molecule has 1 fully saturated rings. The van der Waals surface area contributed by atoms with E-state index in [1.165, 1.54) is 19.3 Å². The summed E-state index contributed by atoms with van der Waals surface area (Å²) < 4.78 is 5.73. The highest BCUT2D eigenvalue weighted by Crippen LogP contribution is 2.26. The number of nitrogens with one attached hydrogen (secondary N) is 1. The van der Waals surface area contributed by atoms with Crippen LogP contribution in [-0.2, 0) is 16.1 Å². The van der Waals surface area contributed by atoms with Gasteiger partial charge in [0.25, 0.3) is 0 Å². The molecule has 0 aliphatic heterocycles. The minimum Gasteiger partial charge on any atom is -0.368 e. The number of thiazole rings is 1. The molecule has 19 heavy (non-hydrogen) atoms. The zero-order valence-electron chi connectivity index (χ0n) is 11.6. The second-order valence-electron chi connectivity index (χ2n) is 5.25. The zero-order chi connectivity index (χ0) is 13.7. The molecule has 2 rings (SSSR count). The molecule has 1 amide bonds. The van der Waals surface area contributed by atoms with Gasteiger partial charge in [-0.3, -0.25) is 4.79 Å². The van der Waals surface area contributed by atoms with E-state index in [2.05, 4.69) is 17.2 Å². The Bertz CT molecular complexity index is 419. The van der Waals surface area contributed by atoms with E-state index >= 15 is 0 Å². The molecular formula is C14H22N2O2S. The molecular weight excluding hydrogens is 260 g/mol. The van der Waals surface area contributed by atoms with Crippen LogP contribution >= 0.6 is 11.3 Å². The third-order valence-electron chi connectivity index (χ3n) is 3.75. The number of carbonyl (C=O) groups is 1. The first-order valence-electron chi connectivity index (χ1n) is 6.94. The minimum atomic E-state index is -0.0365. The molecule has 5 heteroatoms. The van der Waals surface area contributed by atoms with Gasteiger partial charge in [-0.2, -0.15) is 0 Å². The first kappa shape index (κ1) is 14.5. The van der Waals surface area contributed by atoms with Gasteiger partial charge in [0.05, 0.1) is 23.9 Å². The van der Waals surface area contributed by atoms with E-state index in [0.717, 1.165) is 17.0 Å². The number of rotatable bonds is 5. The predicted molar refractivity (Wildman–Crippen MR) is 76.1 cm³/mol. The van der Waals surface area contributed by atoms with Crippen molar-refractivity contribution in [2.75, 3.05) is 6.61 Å². The molecule has 106 valence electrons. The topological polar surface area (TPSA) is 51.2 Å². The summed E-state index contributed by atoms with van der Waals surface area (Å²) in [6.07, 6.45) is 5.06. The van der Waals surface area contributed by atoms with Crippen LogP contribution in [0, 0.1) is 12.8 Å². The van der Waals surface area contributed by atoms with Gasteiger partial charge in [-0.1, -0.05) is 19.8 Å². The van der Waals surface area contributed by atoms with E-state index in [4.69, 9.17) is 4.74 Å². The van der Waals surface area contributed by atoms with E-state index in [9.17, 15) is 4.79 Å². The van der Waals surface area contributed by atoms with E-state index in [-0.39, 0.29) is 18.6 Å². The summed E-state index contributed by atoms with van der Waals surface area (Å²) in [5, 5.41) is 2.89. The molecule has 1 aliphatic carbocycles. The van der Waals surface area contributed by atoms with Crippen LogP contribution in [0.25, 0.3) is 0 Å². The maximum atomic E-state index is 11.7. The summed E-state index contributed by atoms with van der Waals surface area (Å²) in [5.74, 6) is 0.538. The van der Waals surface area contributed by atoms with E-state index in [1.54, 1.807) is 16.8 Å². The van der Waals surface area contributed by atoms with Crippen LogP contribution in [0.3, 0.4) is 0 Å². The van der Waals surface area contributed by atoms with Crippen LogP contribution in [0.15, 0.2) is 5.51 Å². The maximum Gasteiger partial charge on any atom is 0.246 e. The molecule has 1 aromatic heterocycles. The maximum absolute atomic E-state index is 11.7. The summed E-state index contributed by atoms with van der Waals surface area (Å²) in [7, 11) is 0. The fourth-order valence-corrected chi connectivity index (χ4v) is 3.16. The van der Waals surface area contributed by atoms with E-state index < -0.39 is 0 Å². The highest BCUT2D eigenvalue weighted by Gasteiger charge is 2.22. The number of carbonyl (C=O) groups excluding carboxylic acids is 1. The average Bonchev–Trinajstić information content (AvgIpc) is 2.81. The van der Waals surface area contributed by atoms with Crippen LogP contribution in [0.4, 0.5) is 0 Å².